The van der Waals surface area contributed by atoms with E-state index in [1.165, 1.54) is 19.3 Å². The molecule has 1 heterocycles. The molecule has 4 heteroatoms. The minimum Gasteiger partial charge on any atom is -0.324 e. The monoisotopic (exact) mass is 310 g/mol. The van der Waals surface area contributed by atoms with Crippen LogP contribution in [0.25, 0.3) is 0 Å². The minimum atomic E-state index is 0.0654. The van der Waals surface area contributed by atoms with Crippen molar-refractivity contribution in [1.82, 2.24) is 4.90 Å². The Morgan fingerprint density at radius 2 is 2.22 bits per heavy atom. The van der Waals surface area contributed by atoms with E-state index in [1.807, 2.05) is 24.3 Å². The Hall–Kier alpha value is -0.870. The summed E-state index contributed by atoms with van der Waals surface area (Å²) >= 11 is 3.43. The number of rotatable bonds is 3. The Balaban J connectivity index is 1.90. The van der Waals surface area contributed by atoms with Gasteiger partial charge in [0.05, 0.1) is 12.2 Å². The second kappa shape index (κ2) is 6.34. The van der Waals surface area contributed by atoms with E-state index in [2.05, 4.69) is 33.1 Å². The van der Waals surface area contributed by atoms with Crippen LogP contribution < -0.4 is 5.32 Å². The van der Waals surface area contributed by atoms with Crippen molar-refractivity contribution in [3.63, 3.8) is 0 Å². The number of nitrogens with zero attached hydrogens (tertiary/aromatic N) is 1. The summed E-state index contributed by atoms with van der Waals surface area (Å²) in [5.74, 6) is 0.0654. The SMILES string of the molecule is C[C@@H]1CCCCN1CC(=O)Nc1ccccc1Br. The average Bonchev–Trinajstić information content (AvgIpc) is 2.35. The zero-order valence-corrected chi connectivity index (χ0v) is 12.2. The summed E-state index contributed by atoms with van der Waals surface area (Å²) < 4.78 is 0.921. The van der Waals surface area contributed by atoms with Gasteiger partial charge in [0, 0.05) is 10.5 Å². The molecule has 0 bridgehead atoms. The first-order valence-corrected chi connectivity index (χ1v) is 7.24. The fraction of sp³-hybridized carbons (Fsp3) is 0.500. The summed E-state index contributed by atoms with van der Waals surface area (Å²) in [5.41, 5.74) is 0.840. The minimum absolute atomic E-state index is 0.0654. The van der Waals surface area contributed by atoms with E-state index >= 15 is 0 Å². The van der Waals surface area contributed by atoms with E-state index in [0.717, 1.165) is 16.7 Å². The van der Waals surface area contributed by atoms with Crippen molar-refractivity contribution in [2.45, 2.75) is 32.2 Å². The van der Waals surface area contributed by atoms with E-state index in [0.29, 0.717) is 12.6 Å². The molecule has 0 radical (unpaired) electrons. The van der Waals surface area contributed by atoms with Gasteiger partial charge in [-0.05, 0) is 54.4 Å². The Morgan fingerprint density at radius 3 is 2.94 bits per heavy atom. The number of para-hydroxylation sites is 1. The summed E-state index contributed by atoms with van der Waals surface area (Å²) in [6, 6.07) is 8.21. The number of amides is 1. The number of piperidine rings is 1. The number of carbonyl (C=O) groups excluding carboxylic acids is 1. The van der Waals surface area contributed by atoms with Gasteiger partial charge in [0.1, 0.15) is 0 Å². The topological polar surface area (TPSA) is 32.3 Å². The molecule has 1 aromatic rings. The van der Waals surface area contributed by atoms with E-state index in [1.54, 1.807) is 0 Å². The van der Waals surface area contributed by atoms with E-state index in [4.69, 9.17) is 0 Å². The highest BCUT2D eigenvalue weighted by molar-refractivity contribution is 9.10. The third-order valence-electron chi connectivity index (χ3n) is 3.44. The Kier molecular flexibility index (Phi) is 4.78. The van der Waals surface area contributed by atoms with Crippen molar-refractivity contribution in [2.75, 3.05) is 18.4 Å². The number of benzene rings is 1. The van der Waals surface area contributed by atoms with E-state index in [9.17, 15) is 4.79 Å². The third kappa shape index (κ3) is 3.56. The molecular formula is C14H19BrN2O. The van der Waals surface area contributed by atoms with Gasteiger partial charge >= 0.3 is 0 Å². The lowest BCUT2D eigenvalue weighted by atomic mass is 10.0. The molecule has 98 valence electrons. The predicted octanol–water partition coefficient (Wildman–Crippen LogP) is 3.26. The summed E-state index contributed by atoms with van der Waals surface area (Å²) in [7, 11) is 0. The van der Waals surface area contributed by atoms with Crippen LogP contribution in [-0.4, -0.2) is 29.9 Å². The Labute approximate surface area is 117 Å². The lowest BCUT2D eigenvalue weighted by Crippen LogP contribution is -2.42. The average molecular weight is 311 g/mol. The van der Waals surface area contributed by atoms with Gasteiger partial charge in [0.2, 0.25) is 5.91 Å². The fourth-order valence-corrected chi connectivity index (χ4v) is 2.71. The van der Waals surface area contributed by atoms with Crippen LogP contribution in [0.3, 0.4) is 0 Å². The maximum absolute atomic E-state index is 12.0. The molecule has 3 nitrogen and oxygen atoms in total. The van der Waals surface area contributed by atoms with Gasteiger partial charge in [-0.1, -0.05) is 18.6 Å². The van der Waals surface area contributed by atoms with E-state index in [-0.39, 0.29) is 5.91 Å². The number of nitrogens with one attached hydrogen (secondary N) is 1. The molecule has 1 fully saturated rings. The van der Waals surface area contributed by atoms with Gasteiger partial charge in [-0.25, -0.2) is 0 Å². The quantitative estimate of drug-likeness (QED) is 0.929. The first kappa shape index (κ1) is 13.6. The highest BCUT2D eigenvalue weighted by Crippen LogP contribution is 2.21. The molecule has 0 unspecified atom stereocenters. The maximum Gasteiger partial charge on any atom is 0.238 e. The van der Waals surface area contributed by atoms with Crippen molar-refractivity contribution >= 4 is 27.5 Å². The van der Waals surface area contributed by atoms with Crippen LogP contribution in [0.15, 0.2) is 28.7 Å². The Morgan fingerprint density at radius 1 is 1.44 bits per heavy atom. The lowest BCUT2D eigenvalue weighted by molar-refractivity contribution is -0.118. The number of hydrogen-bond acceptors (Lipinski definition) is 2. The number of hydrogen-bond donors (Lipinski definition) is 1. The number of anilines is 1. The molecule has 0 spiro atoms. The maximum atomic E-state index is 12.0. The molecule has 0 aromatic heterocycles. The zero-order chi connectivity index (χ0) is 13.0. The number of likely N-dealkylation sites (tertiary alicyclic amines) is 1. The lowest BCUT2D eigenvalue weighted by Gasteiger charge is -2.32. The molecule has 1 N–H and O–H groups in total. The van der Waals surface area contributed by atoms with Gasteiger partial charge in [-0.3, -0.25) is 9.69 Å². The van der Waals surface area contributed by atoms with Gasteiger partial charge in [0.25, 0.3) is 0 Å². The van der Waals surface area contributed by atoms with E-state index < -0.39 is 0 Å². The van der Waals surface area contributed by atoms with Crippen molar-refractivity contribution < 1.29 is 4.79 Å². The second-order valence-corrected chi connectivity index (χ2v) is 5.70. The first-order valence-electron chi connectivity index (χ1n) is 6.45. The molecule has 1 aliphatic rings. The normalized spacial score (nSPS) is 20.7. The van der Waals surface area contributed by atoms with Gasteiger partial charge in [-0.15, -0.1) is 0 Å². The van der Waals surface area contributed by atoms with Crippen molar-refractivity contribution in [3.05, 3.63) is 28.7 Å². The first-order chi connectivity index (χ1) is 8.66. The largest absolute Gasteiger partial charge is 0.324 e. The van der Waals surface area contributed by atoms with Crippen LogP contribution >= 0.6 is 15.9 Å². The summed E-state index contributed by atoms with van der Waals surface area (Å²) in [6.45, 7) is 3.72. The van der Waals surface area contributed by atoms with Crippen LogP contribution in [0.1, 0.15) is 26.2 Å². The summed E-state index contributed by atoms with van der Waals surface area (Å²) in [4.78, 5) is 14.3. The third-order valence-corrected chi connectivity index (χ3v) is 4.13. The second-order valence-electron chi connectivity index (χ2n) is 4.84. The molecule has 2 rings (SSSR count). The van der Waals surface area contributed by atoms with Crippen LogP contribution in [-0.2, 0) is 4.79 Å². The van der Waals surface area contributed by atoms with Crippen molar-refractivity contribution in [3.8, 4) is 0 Å². The molecular weight excluding hydrogens is 292 g/mol. The summed E-state index contributed by atoms with van der Waals surface area (Å²) in [5, 5.41) is 2.95. The van der Waals surface area contributed by atoms with Crippen LogP contribution in [0.2, 0.25) is 0 Å². The summed E-state index contributed by atoms with van der Waals surface area (Å²) in [6.07, 6.45) is 3.68. The van der Waals surface area contributed by atoms with Crippen LogP contribution in [0.5, 0.6) is 0 Å². The van der Waals surface area contributed by atoms with Crippen LogP contribution in [0.4, 0.5) is 5.69 Å². The standard InChI is InChI=1S/C14H19BrN2O/c1-11-6-4-5-9-17(11)10-14(18)16-13-8-3-2-7-12(13)15/h2-3,7-8,11H,4-6,9-10H2,1H3,(H,16,18)/t11-/m1/s1. The molecule has 18 heavy (non-hydrogen) atoms. The molecule has 0 saturated carbocycles. The Bertz CT molecular complexity index is 422. The number of halogens is 1. The molecule has 1 aromatic carbocycles. The predicted molar refractivity (Wildman–Crippen MR) is 77.7 cm³/mol. The van der Waals surface area contributed by atoms with Crippen LogP contribution in [0, 0.1) is 0 Å². The highest BCUT2D eigenvalue weighted by Gasteiger charge is 2.20. The zero-order valence-electron chi connectivity index (χ0n) is 10.7. The molecule has 1 atom stereocenters. The van der Waals surface area contributed by atoms with Gasteiger partial charge in [0.15, 0.2) is 0 Å². The molecule has 1 amide bonds. The van der Waals surface area contributed by atoms with Gasteiger partial charge < -0.3 is 5.32 Å². The molecule has 1 aliphatic heterocycles. The fourth-order valence-electron chi connectivity index (χ4n) is 2.33. The smallest absolute Gasteiger partial charge is 0.238 e. The highest BCUT2D eigenvalue weighted by atomic mass is 79.9. The van der Waals surface area contributed by atoms with Crippen molar-refractivity contribution in [1.29, 1.82) is 0 Å². The van der Waals surface area contributed by atoms with Crippen molar-refractivity contribution in [2.24, 2.45) is 0 Å². The number of carbonyl (C=O) groups is 1. The molecule has 1 saturated heterocycles. The van der Waals surface area contributed by atoms with Gasteiger partial charge in [-0.2, -0.15) is 0 Å². The molecule has 0 aliphatic carbocycles.